The SMILES string of the molecule is CCOC(=O)N1CCC(Oc2ncnc(Oc3ccc(C[C@H]4CO[S@](=O)OC4)cc3)c2C)CC1. The van der Waals surface area contributed by atoms with E-state index in [4.69, 9.17) is 22.6 Å². The molecule has 184 valence electrons. The molecule has 2 aliphatic rings. The number of carbonyl (C=O) groups excluding carboxylic acids is 1. The molecule has 0 atom stereocenters. The summed E-state index contributed by atoms with van der Waals surface area (Å²) in [6.07, 6.45) is 3.26. The van der Waals surface area contributed by atoms with E-state index in [1.54, 1.807) is 11.8 Å². The summed E-state index contributed by atoms with van der Waals surface area (Å²) in [4.78, 5) is 22.1. The van der Waals surface area contributed by atoms with E-state index in [0.717, 1.165) is 12.0 Å². The number of carbonyl (C=O) groups is 1. The normalized spacial score (nSPS) is 21.2. The molecule has 2 aromatic rings. The van der Waals surface area contributed by atoms with Crippen molar-refractivity contribution in [3.63, 3.8) is 0 Å². The van der Waals surface area contributed by atoms with Gasteiger partial charge < -0.3 is 19.1 Å². The molecule has 0 saturated carbocycles. The smallest absolute Gasteiger partial charge is 0.409 e. The van der Waals surface area contributed by atoms with Crippen molar-refractivity contribution in [3.8, 4) is 17.5 Å². The van der Waals surface area contributed by atoms with Crippen LogP contribution in [0.1, 0.15) is 30.9 Å². The molecule has 11 heteroatoms. The molecule has 1 amide bonds. The number of likely N-dealkylation sites (tertiary alicyclic amines) is 1. The Bertz CT molecular complexity index is 987. The third-order valence-electron chi connectivity index (χ3n) is 5.70. The van der Waals surface area contributed by atoms with E-state index in [2.05, 4.69) is 9.97 Å². The predicted octanol–water partition coefficient (Wildman–Crippen LogP) is 3.36. The van der Waals surface area contributed by atoms with Crippen LogP contribution in [0.15, 0.2) is 30.6 Å². The van der Waals surface area contributed by atoms with Crippen LogP contribution in [0.4, 0.5) is 4.79 Å². The van der Waals surface area contributed by atoms with Gasteiger partial charge in [-0.25, -0.2) is 14.8 Å². The second kappa shape index (κ2) is 11.6. The summed E-state index contributed by atoms with van der Waals surface area (Å²) in [5.41, 5.74) is 1.82. The van der Waals surface area contributed by atoms with Gasteiger partial charge in [-0.15, -0.1) is 0 Å². The van der Waals surface area contributed by atoms with Gasteiger partial charge in [-0.2, -0.15) is 4.21 Å². The monoisotopic (exact) mass is 491 g/mol. The first kappa shape index (κ1) is 24.4. The molecule has 2 saturated heterocycles. The quantitative estimate of drug-likeness (QED) is 0.576. The van der Waals surface area contributed by atoms with E-state index in [-0.39, 0.29) is 18.1 Å². The standard InChI is InChI=1S/C23H29N3O7S/c1-3-29-23(27)26-10-8-20(9-11-26)33-22-16(2)21(24-15-25-22)32-19-6-4-17(5-7-19)12-18-13-30-34(28)31-14-18/h4-7,15,18,20H,3,8-14H2,1-2H3/t18-,34-. The van der Waals surface area contributed by atoms with Crippen molar-refractivity contribution in [1.82, 2.24) is 14.9 Å². The molecule has 34 heavy (non-hydrogen) atoms. The van der Waals surface area contributed by atoms with Crippen LogP contribution in [0.25, 0.3) is 0 Å². The van der Waals surface area contributed by atoms with Gasteiger partial charge in [0, 0.05) is 31.8 Å². The number of hydrogen-bond donors (Lipinski definition) is 0. The third-order valence-corrected chi connectivity index (χ3v) is 6.36. The Morgan fingerprint density at radius 2 is 1.79 bits per heavy atom. The van der Waals surface area contributed by atoms with Crippen LogP contribution in [-0.4, -0.2) is 64.2 Å². The Balaban J connectivity index is 1.31. The highest BCUT2D eigenvalue weighted by atomic mass is 32.2. The highest BCUT2D eigenvalue weighted by Gasteiger charge is 2.26. The van der Waals surface area contributed by atoms with Gasteiger partial charge in [0.05, 0.1) is 25.4 Å². The number of rotatable bonds is 7. The van der Waals surface area contributed by atoms with E-state index >= 15 is 0 Å². The molecule has 0 N–H and O–H groups in total. The van der Waals surface area contributed by atoms with Crippen molar-refractivity contribution in [2.24, 2.45) is 5.92 Å². The lowest BCUT2D eigenvalue weighted by atomic mass is 10.0. The van der Waals surface area contributed by atoms with Gasteiger partial charge in [0.2, 0.25) is 11.8 Å². The zero-order chi connectivity index (χ0) is 23.9. The van der Waals surface area contributed by atoms with E-state index < -0.39 is 11.4 Å². The summed E-state index contributed by atoms with van der Waals surface area (Å²) in [5, 5.41) is 0. The van der Waals surface area contributed by atoms with Crippen LogP contribution in [0.3, 0.4) is 0 Å². The molecule has 4 rings (SSSR count). The summed E-state index contributed by atoms with van der Waals surface area (Å²) < 4.78 is 38.4. The fourth-order valence-electron chi connectivity index (χ4n) is 3.81. The number of aromatic nitrogens is 2. The number of nitrogens with zero attached hydrogens (tertiary/aromatic N) is 3. The van der Waals surface area contributed by atoms with Gasteiger partial charge in [-0.1, -0.05) is 12.1 Å². The van der Waals surface area contributed by atoms with Gasteiger partial charge in [-0.3, -0.25) is 8.37 Å². The summed E-state index contributed by atoms with van der Waals surface area (Å²) in [6.45, 7) is 6.02. The first-order valence-corrected chi connectivity index (χ1v) is 12.4. The molecular formula is C23H29N3O7S. The number of benzene rings is 1. The van der Waals surface area contributed by atoms with Crippen LogP contribution in [0, 0.1) is 12.8 Å². The number of hydrogen-bond acceptors (Lipinski definition) is 9. The van der Waals surface area contributed by atoms with E-state index in [9.17, 15) is 9.00 Å². The lowest BCUT2D eigenvalue weighted by molar-refractivity contribution is 0.0684. The van der Waals surface area contributed by atoms with Crippen LogP contribution >= 0.6 is 0 Å². The van der Waals surface area contributed by atoms with Gasteiger partial charge in [-0.05, 0) is 38.0 Å². The van der Waals surface area contributed by atoms with Crippen molar-refractivity contribution in [3.05, 3.63) is 41.7 Å². The average Bonchev–Trinajstić information content (AvgIpc) is 2.85. The highest BCUT2D eigenvalue weighted by Crippen LogP contribution is 2.29. The summed E-state index contributed by atoms with van der Waals surface area (Å²) in [7, 11) is 0. The maximum Gasteiger partial charge on any atom is 0.409 e. The first-order valence-electron chi connectivity index (χ1n) is 11.4. The molecule has 0 spiro atoms. The van der Waals surface area contributed by atoms with Gasteiger partial charge in [0.15, 0.2) is 0 Å². The molecule has 10 nitrogen and oxygen atoms in total. The van der Waals surface area contributed by atoms with Crippen molar-refractivity contribution < 1.29 is 31.6 Å². The fraction of sp³-hybridized carbons (Fsp3) is 0.522. The molecule has 2 aliphatic heterocycles. The maximum absolute atomic E-state index is 11.9. The summed E-state index contributed by atoms with van der Waals surface area (Å²) >= 11 is -1.62. The van der Waals surface area contributed by atoms with Crippen molar-refractivity contribution in [2.45, 2.75) is 39.2 Å². The fourth-order valence-corrected chi connectivity index (χ4v) is 4.49. The van der Waals surface area contributed by atoms with Crippen molar-refractivity contribution >= 4 is 17.5 Å². The second-order valence-corrected chi connectivity index (χ2v) is 9.08. The van der Waals surface area contributed by atoms with Crippen LogP contribution in [0.5, 0.6) is 17.5 Å². The molecule has 2 fully saturated rings. The Morgan fingerprint density at radius 1 is 1.12 bits per heavy atom. The Kier molecular flexibility index (Phi) is 8.30. The largest absolute Gasteiger partial charge is 0.474 e. The van der Waals surface area contributed by atoms with Gasteiger partial charge in [0.25, 0.3) is 0 Å². The Labute approximate surface area is 201 Å². The lowest BCUT2D eigenvalue weighted by Crippen LogP contribution is -2.42. The zero-order valence-corrected chi connectivity index (χ0v) is 20.1. The molecule has 0 unspecified atom stereocenters. The van der Waals surface area contributed by atoms with Gasteiger partial charge >= 0.3 is 17.5 Å². The molecule has 3 heterocycles. The lowest BCUT2D eigenvalue weighted by Gasteiger charge is -2.31. The molecule has 0 radical (unpaired) electrons. The topological polar surface area (TPSA) is 109 Å². The molecule has 0 bridgehead atoms. The van der Waals surface area contributed by atoms with E-state index in [1.165, 1.54) is 6.33 Å². The predicted molar refractivity (Wildman–Crippen MR) is 123 cm³/mol. The second-order valence-electron chi connectivity index (χ2n) is 8.20. The first-order chi connectivity index (χ1) is 16.5. The molecule has 1 aromatic heterocycles. The van der Waals surface area contributed by atoms with Crippen LogP contribution < -0.4 is 9.47 Å². The molecule has 0 aliphatic carbocycles. The van der Waals surface area contributed by atoms with Crippen LogP contribution in [0.2, 0.25) is 0 Å². The Hall–Kier alpha value is -2.76. The molecular weight excluding hydrogens is 462 g/mol. The molecule has 1 aromatic carbocycles. The minimum absolute atomic E-state index is 0.0448. The Morgan fingerprint density at radius 3 is 2.47 bits per heavy atom. The van der Waals surface area contributed by atoms with Gasteiger partial charge in [0.1, 0.15) is 18.2 Å². The zero-order valence-electron chi connectivity index (χ0n) is 19.3. The van der Waals surface area contributed by atoms with Crippen molar-refractivity contribution in [2.75, 3.05) is 32.9 Å². The highest BCUT2D eigenvalue weighted by molar-refractivity contribution is 7.75. The number of amides is 1. The van der Waals surface area contributed by atoms with E-state index in [1.807, 2.05) is 31.2 Å². The third kappa shape index (κ3) is 6.43. The minimum atomic E-state index is -1.62. The average molecular weight is 492 g/mol. The van der Waals surface area contributed by atoms with E-state index in [0.29, 0.717) is 68.8 Å². The summed E-state index contributed by atoms with van der Waals surface area (Å²) in [5.74, 6) is 1.72. The maximum atomic E-state index is 11.9. The number of ether oxygens (including phenoxy) is 3. The van der Waals surface area contributed by atoms with Crippen LogP contribution in [-0.2, 0) is 30.9 Å². The van der Waals surface area contributed by atoms with Crippen molar-refractivity contribution in [1.29, 1.82) is 0 Å². The summed E-state index contributed by atoms with van der Waals surface area (Å²) in [6, 6.07) is 7.72. The minimum Gasteiger partial charge on any atom is -0.474 e. The number of piperidine rings is 1.